The fourth-order valence-corrected chi connectivity index (χ4v) is 2.15. The molecule has 0 radical (unpaired) electrons. The van der Waals surface area contributed by atoms with Crippen LogP contribution in [-0.4, -0.2) is 37.3 Å². The second-order valence-corrected chi connectivity index (χ2v) is 5.41. The first kappa shape index (κ1) is 18.5. The minimum absolute atomic E-state index is 0.0848. The Bertz CT molecular complexity index is 696. The predicted octanol–water partition coefficient (Wildman–Crippen LogP) is 1.38. The Hall–Kier alpha value is -2.88. The number of nitrogens with one attached hydrogen (secondary N) is 2. The first-order valence-corrected chi connectivity index (χ1v) is 8.02. The van der Waals surface area contributed by atoms with Crippen molar-refractivity contribution in [1.82, 2.24) is 10.6 Å². The van der Waals surface area contributed by atoms with E-state index in [1.54, 1.807) is 24.3 Å². The van der Waals surface area contributed by atoms with Gasteiger partial charge in [-0.3, -0.25) is 4.79 Å². The van der Waals surface area contributed by atoms with Gasteiger partial charge in [0.25, 0.3) is 5.91 Å². The summed E-state index contributed by atoms with van der Waals surface area (Å²) in [5.74, 6) is 0.313. The van der Waals surface area contributed by atoms with E-state index in [0.29, 0.717) is 30.9 Å². The number of hydrogen-bond acceptors (Lipinski definition) is 5. The quantitative estimate of drug-likeness (QED) is 0.600. The minimum atomic E-state index is -0.573. The van der Waals surface area contributed by atoms with Gasteiger partial charge in [-0.2, -0.15) is 5.26 Å². The third kappa shape index (κ3) is 6.63. The molecule has 0 saturated carbocycles. The molecule has 0 aromatic heterocycles. The molecule has 0 heterocycles. The summed E-state index contributed by atoms with van der Waals surface area (Å²) in [6.45, 7) is 1.32. The number of aliphatic hydroxyl groups excluding tert-OH is 1. The lowest BCUT2D eigenvalue weighted by Gasteiger charge is -2.12. The van der Waals surface area contributed by atoms with Crippen molar-refractivity contribution in [2.24, 2.45) is 0 Å². The van der Waals surface area contributed by atoms with Gasteiger partial charge in [0.05, 0.1) is 17.7 Å². The summed E-state index contributed by atoms with van der Waals surface area (Å²) in [5, 5.41) is 24.5. The molecular formula is C19H21N3O3. The minimum Gasteiger partial charge on any atom is -0.484 e. The van der Waals surface area contributed by atoms with Crippen molar-refractivity contribution < 1.29 is 14.6 Å². The molecule has 0 aliphatic carbocycles. The Labute approximate surface area is 147 Å². The number of benzene rings is 2. The smallest absolute Gasteiger partial charge is 0.257 e. The van der Waals surface area contributed by atoms with Gasteiger partial charge in [-0.15, -0.1) is 0 Å². The molecule has 25 heavy (non-hydrogen) atoms. The van der Waals surface area contributed by atoms with Gasteiger partial charge < -0.3 is 20.5 Å². The van der Waals surface area contributed by atoms with Gasteiger partial charge in [0.15, 0.2) is 6.61 Å². The van der Waals surface area contributed by atoms with Crippen LogP contribution < -0.4 is 15.4 Å². The lowest BCUT2D eigenvalue weighted by Crippen LogP contribution is -2.35. The zero-order valence-electron chi connectivity index (χ0n) is 13.8. The van der Waals surface area contributed by atoms with E-state index in [-0.39, 0.29) is 12.5 Å². The average Bonchev–Trinajstić information content (AvgIpc) is 2.67. The number of carbonyl (C=O) groups is 1. The zero-order chi connectivity index (χ0) is 17.9. The van der Waals surface area contributed by atoms with Crippen LogP contribution in [0.3, 0.4) is 0 Å². The van der Waals surface area contributed by atoms with Gasteiger partial charge in [-0.1, -0.05) is 30.3 Å². The summed E-state index contributed by atoms with van der Waals surface area (Å²) in [6, 6.07) is 18.0. The fraction of sp³-hybridized carbons (Fsp3) is 0.263. The van der Waals surface area contributed by atoms with E-state index in [1.807, 2.05) is 36.4 Å². The molecule has 6 heteroatoms. The van der Waals surface area contributed by atoms with Crippen molar-refractivity contribution in [1.29, 1.82) is 5.26 Å². The molecule has 130 valence electrons. The molecule has 3 N–H and O–H groups in total. The Morgan fingerprint density at radius 1 is 1.12 bits per heavy atom. The third-order valence-electron chi connectivity index (χ3n) is 3.50. The Morgan fingerprint density at radius 2 is 1.84 bits per heavy atom. The number of aliphatic hydroxyl groups is 1. The van der Waals surface area contributed by atoms with E-state index < -0.39 is 6.10 Å². The van der Waals surface area contributed by atoms with E-state index in [4.69, 9.17) is 10.00 Å². The maximum atomic E-state index is 11.7. The van der Waals surface area contributed by atoms with Gasteiger partial charge in [-0.25, -0.2) is 0 Å². The molecule has 1 amide bonds. The molecule has 6 nitrogen and oxygen atoms in total. The highest BCUT2D eigenvalue weighted by Gasteiger charge is 2.06. The largest absolute Gasteiger partial charge is 0.484 e. The molecule has 0 aliphatic heterocycles. The number of nitriles is 1. The van der Waals surface area contributed by atoms with Gasteiger partial charge in [-0.05, 0) is 29.8 Å². The first-order valence-electron chi connectivity index (χ1n) is 8.02. The van der Waals surface area contributed by atoms with E-state index in [0.717, 1.165) is 5.56 Å². The molecular weight excluding hydrogens is 318 g/mol. The predicted molar refractivity (Wildman–Crippen MR) is 93.9 cm³/mol. The summed E-state index contributed by atoms with van der Waals surface area (Å²) in [4.78, 5) is 11.7. The highest BCUT2D eigenvalue weighted by molar-refractivity contribution is 5.77. The van der Waals surface area contributed by atoms with Gasteiger partial charge in [0.2, 0.25) is 0 Å². The Kier molecular flexibility index (Phi) is 7.44. The van der Waals surface area contributed by atoms with Crippen LogP contribution in [-0.2, 0) is 4.79 Å². The molecule has 0 fully saturated rings. The van der Waals surface area contributed by atoms with Crippen LogP contribution >= 0.6 is 0 Å². The van der Waals surface area contributed by atoms with Crippen molar-refractivity contribution in [2.45, 2.75) is 6.10 Å². The lowest BCUT2D eigenvalue weighted by molar-refractivity contribution is -0.123. The van der Waals surface area contributed by atoms with Crippen LogP contribution in [0, 0.1) is 11.3 Å². The summed E-state index contributed by atoms with van der Waals surface area (Å²) in [6.07, 6.45) is -0.573. The third-order valence-corrected chi connectivity index (χ3v) is 3.50. The fourth-order valence-electron chi connectivity index (χ4n) is 2.15. The standard InChI is InChI=1S/C19H21N3O3/c20-12-15-6-8-17(9-7-15)25-14-19(24)22-11-10-21-13-18(23)16-4-2-1-3-5-16/h1-9,18,21,23H,10-11,13-14H2,(H,22,24)/t18-/m0/s1. The SMILES string of the molecule is N#Cc1ccc(OCC(=O)NCCNC[C@H](O)c2ccccc2)cc1. The van der Waals surface area contributed by atoms with Crippen LogP contribution in [0.15, 0.2) is 54.6 Å². The number of hydrogen-bond donors (Lipinski definition) is 3. The second-order valence-electron chi connectivity index (χ2n) is 5.41. The van der Waals surface area contributed by atoms with Crippen LogP contribution in [0.5, 0.6) is 5.75 Å². The van der Waals surface area contributed by atoms with E-state index in [1.165, 1.54) is 0 Å². The molecule has 1 atom stereocenters. The van der Waals surface area contributed by atoms with Crippen LogP contribution in [0.2, 0.25) is 0 Å². The van der Waals surface area contributed by atoms with Gasteiger partial charge in [0.1, 0.15) is 5.75 Å². The van der Waals surface area contributed by atoms with Crippen LogP contribution in [0.4, 0.5) is 0 Å². The van der Waals surface area contributed by atoms with Crippen molar-refractivity contribution >= 4 is 5.91 Å². The maximum Gasteiger partial charge on any atom is 0.257 e. The van der Waals surface area contributed by atoms with Crippen molar-refractivity contribution in [2.75, 3.05) is 26.2 Å². The van der Waals surface area contributed by atoms with E-state index in [9.17, 15) is 9.90 Å². The Balaban J connectivity index is 1.57. The molecule has 0 saturated heterocycles. The monoisotopic (exact) mass is 339 g/mol. The molecule has 2 aromatic carbocycles. The topological polar surface area (TPSA) is 94.4 Å². The van der Waals surface area contributed by atoms with Crippen molar-refractivity contribution in [3.63, 3.8) is 0 Å². The van der Waals surface area contributed by atoms with Crippen LogP contribution in [0.25, 0.3) is 0 Å². The van der Waals surface area contributed by atoms with E-state index >= 15 is 0 Å². The summed E-state index contributed by atoms with van der Waals surface area (Å²) < 4.78 is 5.34. The molecule has 0 aliphatic rings. The summed E-state index contributed by atoms with van der Waals surface area (Å²) in [5.41, 5.74) is 1.40. The second kappa shape index (κ2) is 10.1. The summed E-state index contributed by atoms with van der Waals surface area (Å²) in [7, 11) is 0. The van der Waals surface area contributed by atoms with E-state index in [2.05, 4.69) is 10.6 Å². The van der Waals surface area contributed by atoms with Gasteiger partial charge >= 0.3 is 0 Å². The first-order chi connectivity index (χ1) is 12.2. The Morgan fingerprint density at radius 3 is 2.52 bits per heavy atom. The number of amides is 1. The van der Waals surface area contributed by atoms with Gasteiger partial charge in [0, 0.05) is 19.6 Å². The number of rotatable bonds is 9. The number of nitrogens with zero attached hydrogens (tertiary/aromatic N) is 1. The number of ether oxygens (including phenoxy) is 1. The molecule has 0 bridgehead atoms. The maximum absolute atomic E-state index is 11.7. The highest BCUT2D eigenvalue weighted by Crippen LogP contribution is 2.11. The zero-order valence-corrected chi connectivity index (χ0v) is 13.8. The highest BCUT2D eigenvalue weighted by atomic mass is 16.5. The molecule has 0 unspecified atom stereocenters. The van der Waals surface area contributed by atoms with Crippen molar-refractivity contribution in [3.8, 4) is 11.8 Å². The molecule has 2 aromatic rings. The lowest BCUT2D eigenvalue weighted by atomic mass is 10.1. The van der Waals surface area contributed by atoms with Crippen LogP contribution in [0.1, 0.15) is 17.2 Å². The van der Waals surface area contributed by atoms with Crippen molar-refractivity contribution in [3.05, 3.63) is 65.7 Å². The number of carbonyl (C=O) groups excluding carboxylic acids is 1. The normalized spacial score (nSPS) is 11.4. The average molecular weight is 339 g/mol. The molecule has 0 spiro atoms. The summed E-state index contributed by atoms with van der Waals surface area (Å²) >= 11 is 0. The molecule has 2 rings (SSSR count).